The molecule has 122 valence electrons. The number of hydrogen-bond donors (Lipinski definition) is 0. The number of hydrogen-bond acceptors (Lipinski definition) is 4. The van der Waals surface area contributed by atoms with Crippen LogP contribution in [0.4, 0.5) is 0 Å². The van der Waals surface area contributed by atoms with E-state index in [-0.39, 0.29) is 23.1 Å². The lowest BCUT2D eigenvalue weighted by Crippen LogP contribution is -2.41. The van der Waals surface area contributed by atoms with Crippen LogP contribution in [0.5, 0.6) is 0 Å². The van der Waals surface area contributed by atoms with Gasteiger partial charge in [0.15, 0.2) is 0 Å². The molecule has 7 nitrogen and oxygen atoms in total. The van der Waals surface area contributed by atoms with Crippen LogP contribution in [0.3, 0.4) is 0 Å². The first-order chi connectivity index (χ1) is 11.7. The maximum absolute atomic E-state index is 12.9. The van der Waals surface area contributed by atoms with E-state index in [0.717, 1.165) is 12.8 Å². The van der Waals surface area contributed by atoms with Crippen LogP contribution in [-0.2, 0) is 6.54 Å². The Kier molecular flexibility index (Phi) is 3.60. The molecular weight excluding hydrogens is 306 g/mol. The summed E-state index contributed by atoms with van der Waals surface area (Å²) >= 11 is 0. The van der Waals surface area contributed by atoms with Gasteiger partial charge < -0.3 is 4.90 Å². The van der Waals surface area contributed by atoms with Crippen LogP contribution in [0.15, 0.2) is 53.8 Å². The molecule has 4 rings (SSSR count). The zero-order valence-electron chi connectivity index (χ0n) is 13.1. The van der Waals surface area contributed by atoms with Crippen molar-refractivity contribution in [3.63, 3.8) is 0 Å². The summed E-state index contributed by atoms with van der Waals surface area (Å²) in [6, 6.07) is 7.21. The summed E-state index contributed by atoms with van der Waals surface area (Å²) in [5.74, 6) is -0.250. The molecule has 0 unspecified atom stereocenters. The highest BCUT2D eigenvalue weighted by Crippen LogP contribution is 2.20. The van der Waals surface area contributed by atoms with E-state index in [0.29, 0.717) is 18.7 Å². The summed E-state index contributed by atoms with van der Waals surface area (Å²) in [5.41, 5.74) is 0.329. The molecule has 24 heavy (non-hydrogen) atoms. The summed E-state index contributed by atoms with van der Waals surface area (Å²) in [6.45, 7) is 1.29. The SMILES string of the molecule is O=C(c1cnc2ccccn2c1=O)N1CCC[C@H]1Cn1cccn1. The van der Waals surface area contributed by atoms with Crippen molar-refractivity contribution in [1.82, 2.24) is 24.1 Å². The molecular formula is C17H17N5O2. The lowest BCUT2D eigenvalue weighted by Gasteiger charge is -2.24. The average Bonchev–Trinajstić information content (AvgIpc) is 3.27. The molecule has 0 spiro atoms. The van der Waals surface area contributed by atoms with Gasteiger partial charge in [0.25, 0.3) is 11.5 Å². The topological polar surface area (TPSA) is 72.5 Å². The molecule has 0 radical (unpaired) electrons. The van der Waals surface area contributed by atoms with Gasteiger partial charge >= 0.3 is 0 Å². The first kappa shape index (κ1) is 14.6. The zero-order chi connectivity index (χ0) is 16.5. The zero-order valence-corrected chi connectivity index (χ0v) is 13.1. The Labute approximate surface area is 138 Å². The van der Waals surface area contributed by atoms with Gasteiger partial charge in [0.05, 0.1) is 12.6 Å². The largest absolute Gasteiger partial charge is 0.334 e. The minimum absolute atomic E-state index is 0.0493. The highest BCUT2D eigenvalue weighted by molar-refractivity contribution is 5.94. The van der Waals surface area contributed by atoms with E-state index in [1.54, 1.807) is 29.4 Å². The maximum Gasteiger partial charge on any atom is 0.270 e. The smallest absolute Gasteiger partial charge is 0.270 e. The predicted octanol–water partition coefficient (Wildman–Crippen LogP) is 1.20. The Hall–Kier alpha value is -2.96. The van der Waals surface area contributed by atoms with Crippen molar-refractivity contribution in [3.8, 4) is 0 Å². The van der Waals surface area contributed by atoms with Gasteiger partial charge in [0.2, 0.25) is 0 Å². The number of nitrogens with zero attached hydrogens (tertiary/aromatic N) is 5. The second-order valence-electron chi connectivity index (χ2n) is 5.93. The molecule has 1 amide bonds. The van der Waals surface area contributed by atoms with Crippen LogP contribution in [-0.4, -0.2) is 42.6 Å². The summed E-state index contributed by atoms with van der Waals surface area (Å²) in [7, 11) is 0. The number of aromatic nitrogens is 4. The van der Waals surface area contributed by atoms with Gasteiger partial charge in [-0.05, 0) is 31.0 Å². The number of pyridine rings is 1. The quantitative estimate of drug-likeness (QED) is 0.726. The van der Waals surface area contributed by atoms with Gasteiger partial charge in [-0.2, -0.15) is 5.10 Å². The molecule has 3 aromatic heterocycles. The average molecular weight is 323 g/mol. The molecule has 0 saturated carbocycles. The molecule has 0 N–H and O–H groups in total. The fourth-order valence-corrected chi connectivity index (χ4v) is 3.25. The molecule has 1 atom stereocenters. The van der Waals surface area contributed by atoms with Crippen molar-refractivity contribution in [2.24, 2.45) is 0 Å². The number of rotatable bonds is 3. The van der Waals surface area contributed by atoms with Crippen LogP contribution < -0.4 is 5.56 Å². The molecule has 0 aliphatic carbocycles. The van der Waals surface area contributed by atoms with E-state index in [1.165, 1.54) is 10.6 Å². The van der Waals surface area contributed by atoms with Crippen molar-refractivity contribution in [2.75, 3.05) is 6.54 Å². The lowest BCUT2D eigenvalue weighted by atomic mass is 10.2. The summed E-state index contributed by atoms with van der Waals surface area (Å²) in [6.07, 6.45) is 8.47. The molecule has 0 bridgehead atoms. The van der Waals surface area contributed by atoms with Crippen molar-refractivity contribution in [2.45, 2.75) is 25.4 Å². The Morgan fingerprint density at radius 3 is 3.00 bits per heavy atom. The first-order valence-corrected chi connectivity index (χ1v) is 7.99. The normalized spacial score (nSPS) is 17.5. The molecule has 3 aromatic rings. The molecule has 1 saturated heterocycles. The third-order valence-corrected chi connectivity index (χ3v) is 4.44. The van der Waals surface area contributed by atoms with Gasteiger partial charge in [-0.1, -0.05) is 6.07 Å². The van der Waals surface area contributed by atoms with E-state index in [4.69, 9.17) is 0 Å². The van der Waals surface area contributed by atoms with Crippen molar-refractivity contribution < 1.29 is 4.79 Å². The van der Waals surface area contributed by atoms with E-state index in [1.807, 2.05) is 23.0 Å². The van der Waals surface area contributed by atoms with Gasteiger partial charge in [-0.15, -0.1) is 0 Å². The molecule has 4 heterocycles. The Morgan fingerprint density at radius 1 is 1.25 bits per heavy atom. The van der Waals surface area contributed by atoms with Crippen molar-refractivity contribution >= 4 is 11.6 Å². The number of amides is 1. The fourth-order valence-electron chi connectivity index (χ4n) is 3.25. The van der Waals surface area contributed by atoms with E-state index >= 15 is 0 Å². The minimum atomic E-state index is -0.324. The number of carbonyl (C=O) groups is 1. The van der Waals surface area contributed by atoms with Crippen molar-refractivity contribution in [1.29, 1.82) is 0 Å². The highest BCUT2D eigenvalue weighted by Gasteiger charge is 2.31. The second-order valence-corrected chi connectivity index (χ2v) is 5.93. The third-order valence-electron chi connectivity index (χ3n) is 4.44. The Morgan fingerprint density at radius 2 is 2.17 bits per heavy atom. The Balaban J connectivity index is 1.65. The first-order valence-electron chi connectivity index (χ1n) is 7.99. The predicted molar refractivity (Wildman–Crippen MR) is 87.7 cm³/mol. The molecule has 1 aliphatic heterocycles. The third kappa shape index (κ3) is 2.47. The summed E-state index contributed by atoms with van der Waals surface area (Å²) < 4.78 is 3.23. The fraction of sp³-hybridized carbons (Fsp3) is 0.294. The maximum atomic E-state index is 12.9. The van der Waals surface area contributed by atoms with Crippen LogP contribution >= 0.6 is 0 Å². The van der Waals surface area contributed by atoms with Crippen LogP contribution in [0.2, 0.25) is 0 Å². The summed E-state index contributed by atoms with van der Waals surface area (Å²) in [5, 5.41) is 4.21. The molecule has 1 fully saturated rings. The molecule has 0 aromatic carbocycles. The Bertz CT molecular complexity index is 932. The summed E-state index contributed by atoms with van der Waals surface area (Å²) in [4.78, 5) is 31.5. The van der Waals surface area contributed by atoms with Crippen LogP contribution in [0, 0.1) is 0 Å². The highest BCUT2D eigenvalue weighted by atomic mass is 16.2. The second kappa shape index (κ2) is 5.92. The number of carbonyl (C=O) groups excluding carboxylic acids is 1. The van der Waals surface area contributed by atoms with Gasteiger partial charge in [-0.3, -0.25) is 18.7 Å². The van der Waals surface area contributed by atoms with Crippen molar-refractivity contribution in [3.05, 3.63) is 65.0 Å². The van der Waals surface area contributed by atoms with E-state index in [2.05, 4.69) is 10.1 Å². The van der Waals surface area contributed by atoms with Gasteiger partial charge in [0.1, 0.15) is 11.2 Å². The number of fused-ring (bicyclic) bond motifs is 1. The van der Waals surface area contributed by atoms with E-state index in [9.17, 15) is 9.59 Å². The van der Waals surface area contributed by atoms with Crippen LogP contribution in [0.1, 0.15) is 23.2 Å². The monoisotopic (exact) mass is 323 g/mol. The minimum Gasteiger partial charge on any atom is -0.334 e. The lowest BCUT2D eigenvalue weighted by molar-refractivity contribution is 0.0719. The van der Waals surface area contributed by atoms with E-state index < -0.39 is 0 Å². The van der Waals surface area contributed by atoms with Crippen LogP contribution in [0.25, 0.3) is 5.65 Å². The van der Waals surface area contributed by atoms with Gasteiger partial charge in [0, 0.05) is 31.3 Å². The van der Waals surface area contributed by atoms with Gasteiger partial charge in [-0.25, -0.2) is 4.98 Å². The molecule has 7 heteroatoms. The standard InChI is InChI=1S/C17H17N5O2/c23-16(14-11-18-15-6-1-2-9-22(15)17(14)24)21-10-3-5-13(21)12-20-8-4-7-19-20/h1-2,4,6-9,11,13H,3,5,10,12H2/t13-/m0/s1. The molecule has 1 aliphatic rings. The number of likely N-dealkylation sites (tertiary alicyclic amines) is 1.